The quantitative estimate of drug-likeness (QED) is 0.126. The summed E-state index contributed by atoms with van der Waals surface area (Å²) < 4.78 is 25.1. The molecule has 1 spiro atoms. The highest BCUT2D eigenvalue weighted by molar-refractivity contribution is 5.81. The summed E-state index contributed by atoms with van der Waals surface area (Å²) in [4.78, 5) is 51.2. The van der Waals surface area contributed by atoms with E-state index in [4.69, 9.17) is 18.9 Å². The Labute approximate surface area is 335 Å². The summed E-state index contributed by atoms with van der Waals surface area (Å²) >= 11 is 0. The lowest BCUT2D eigenvalue weighted by atomic mass is 9.41. The van der Waals surface area contributed by atoms with Crippen molar-refractivity contribution in [3.63, 3.8) is 0 Å². The highest BCUT2D eigenvalue weighted by Gasteiger charge is 2.71. The maximum absolute atomic E-state index is 12.9. The van der Waals surface area contributed by atoms with Crippen LogP contribution in [-0.2, 0) is 33.3 Å². The van der Waals surface area contributed by atoms with Gasteiger partial charge in [0.15, 0.2) is 5.79 Å². The molecule has 11 heteroatoms. The standard InChI is InChI=1S/C45H71N3O8/c1-28-14-21-45(53-27-28)30(3)40-34(56-45)25-36-43(5)18-15-31-24-32(16-19-42(31,4)35(43)17-20-44(36,40)6)55-41(52)47-22-10-8-9-11-38(50)48-26-33(23-29(48)2)54-39(51)13-12-37(49)46-7/h15,28-30,32-36,40H,8-14,16-27H2,1-7H3,(H,46,49)(H,47,52)/t28-,29-,30+,32+,33-,34+,35-,36+,40+,42+,43-,44+,45?/m1/s1. The van der Waals surface area contributed by atoms with Crippen LogP contribution in [0.5, 0.6) is 0 Å². The molecule has 13 atom stereocenters. The lowest BCUT2D eigenvalue weighted by Crippen LogP contribution is -2.57. The van der Waals surface area contributed by atoms with Crippen LogP contribution in [0.1, 0.15) is 144 Å². The van der Waals surface area contributed by atoms with Gasteiger partial charge in [0.1, 0.15) is 12.2 Å². The summed E-state index contributed by atoms with van der Waals surface area (Å²) in [6.07, 6.45) is 15.3. The molecule has 7 aliphatic rings. The molecule has 3 amide bonds. The van der Waals surface area contributed by atoms with E-state index in [9.17, 15) is 19.2 Å². The van der Waals surface area contributed by atoms with Gasteiger partial charge >= 0.3 is 12.1 Å². The number of allylic oxidation sites excluding steroid dienone is 1. The van der Waals surface area contributed by atoms with Crippen LogP contribution >= 0.6 is 0 Å². The van der Waals surface area contributed by atoms with Gasteiger partial charge in [-0.25, -0.2) is 4.79 Å². The minimum Gasteiger partial charge on any atom is -0.460 e. The van der Waals surface area contributed by atoms with Gasteiger partial charge in [0.2, 0.25) is 11.8 Å². The van der Waals surface area contributed by atoms with E-state index in [1.807, 2.05) is 6.92 Å². The van der Waals surface area contributed by atoms with Gasteiger partial charge in [-0.2, -0.15) is 0 Å². The molecule has 2 N–H and O–H groups in total. The summed E-state index contributed by atoms with van der Waals surface area (Å²) in [7, 11) is 1.54. The van der Waals surface area contributed by atoms with Crippen molar-refractivity contribution in [2.24, 2.45) is 45.8 Å². The topological polar surface area (TPSA) is 132 Å². The Morgan fingerprint density at radius 2 is 1.68 bits per heavy atom. The van der Waals surface area contributed by atoms with Crippen LogP contribution in [0, 0.1) is 45.8 Å². The Bertz CT molecular complexity index is 1530. The van der Waals surface area contributed by atoms with Gasteiger partial charge in [-0.1, -0.05) is 52.7 Å². The molecule has 6 fully saturated rings. The van der Waals surface area contributed by atoms with Crippen LogP contribution in [-0.4, -0.2) is 85.7 Å². The molecule has 314 valence electrons. The highest BCUT2D eigenvalue weighted by Crippen LogP contribution is 2.74. The number of likely N-dealkylation sites (tertiary alicyclic amines) is 1. The number of unbranched alkanes of at least 4 members (excludes halogenated alkanes) is 2. The van der Waals surface area contributed by atoms with E-state index in [1.54, 1.807) is 4.90 Å². The molecule has 0 aromatic heterocycles. The molecule has 0 radical (unpaired) electrons. The van der Waals surface area contributed by atoms with Gasteiger partial charge in [-0.15, -0.1) is 0 Å². The number of carbonyl (C=O) groups is 4. The fourth-order valence-electron chi connectivity index (χ4n) is 13.5. The Morgan fingerprint density at radius 1 is 0.875 bits per heavy atom. The number of nitrogens with one attached hydrogen (secondary N) is 2. The lowest BCUT2D eigenvalue weighted by molar-refractivity contribution is -0.273. The maximum atomic E-state index is 12.9. The number of hydrogen-bond acceptors (Lipinski definition) is 8. The molecule has 56 heavy (non-hydrogen) atoms. The summed E-state index contributed by atoms with van der Waals surface area (Å²) in [5, 5.41) is 5.46. The molecule has 11 nitrogen and oxygen atoms in total. The second-order valence-electron chi connectivity index (χ2n) is 19.9. The van der Waals surface area contributed by atoms with Crippen molar-refractivity contribution in [1.29, 1.82) is 0 Å². The fourth-order valence-corrected chi connectivity index (χ4v) is 13.5. The maximum Gasteiger partial charge on any atom is 0.407 e. The normalized spacial score (nSPS) is 42.5. The van der Waals surface area contributed by atoms with Crippen molar-refractivity contribution in [3.05, 3.63) is 11.6 Å². The predicted molar refractivity (Wildman–Crippen MR) is 212 cm³/mol. The van der Waals surface area contributed by atoms with Crippen LogP contribution in [0.4, 0.5) is 4.79 Å². The van der Waals surface area contributed by atoms with Crippen molar-refractivity contribution in [2.45, 2.75) is 174 Å². The molecule has 0 aromatic carbocycles. The van der Waals surface area contributed by atoms with Crippen LogP contribution in [0.3, 0.4) is 0 Å². The first-order valence-electron chi connectivity index (χ1n) is 22.3. The summed E-state index contributed by atoms with van der Waals surface area (Å²) in [6.45, 7) is 16.1. The fraction of sp³-hybridized carbons (Fsp3) is 0.867. The first-order chi connectivity index (χ1) is 26.6. The Balaban J connectivity index is 0.828. The van der Waals surface area contributed by atoms with E-state index in [0.29, 0.717) is 61.6 Å². The number of carbonyl (C=O) groups excluding carboxylic acids is 4. The smallest absolute Gasteiger partial charge is 0.407 e. The van der Waals surface area contributed by atoms with Crippen LogP contribution in [0.2, 0.25) is 0 Å². The first kappa shape index (κ1) is 41.5. The molecule has 4 aliphatic carbocycles. The monoisotopic (exact) mass is 782 g/mol. The first-order valence-corrected chi connectivity index (χ1v) is 22.3. The van der Waals surface area contributed by atoms with Crippen molar-refractivity contribution in [2.75, 3.05) is 26.7 Å². The summed E-state index contributed by atoms with van der Waals surface area (Å²) in [5.74, 6) is 1.95. The summed E-state index contributed by atoms with van der Waals surface area (Å²) in [6, 6.07) is 0.000769. The Morgan fingerprint density at radius 3 is 2.43 bits per heavy atom. The molecule has 7 rings (SSSR count). The molecule has 0 bridgehead atoms. The second kappa shape index (κ2) is 16.2. The number of nitrogens with zero attached hydrogens (tertiary/aromatic N) is 1. The Hall–Kier alpha value is -2.66. The SMILES string of the molecule is CNC(=O)CCC(=O)O[C@@H]1C[C@@H](C)N(C(=O)CCCCCNC(=O)O[C@H]2CC[C@@]3(C)C(=CC[C@@]4(C)[C@@H]5C[C@@H]6OC7(CC[C@@H](C)CO7)[C@@H](C)[C@@H]6[C@@]5(C)CC[C@@H]43)C2)C1. The number of rotatable bonds is 11. The molecule has 3 saturated carbocycles. The number of ether oxygens (including phenoxy) is 4. The minimum absolute atomic E-state index is 0.000769. The van der Waals surface area contributed by atoms with Gasteiger partial charge in [-0.3, -0.25) is 14.4 Å². The molecule has 0 aromatic rings. The molecular formula is C45H71N3O8. The number of hydrogen-bond donors (Lipinski definition) is 2. The largest absolute Gasteiger partial charge is 0.460 e. The van der Waals surface area contributed by atoms with Crippen LogP contribution < -0.4 is 10.6 Å². The summed E-state index contributed by atoms with van der Waals surface area (Å²) in [5.41, 5.74) is 2.15. The van der Waals surface area contributed by atoms with Gasteiger partial charge < -0.3 is 34.5 Å². The van der Waals surface area contributed by atoms with E-state index >= 15 is 0 Å². The average molecular weight is 782 g/mol. The predicted octanol–water partition coefficient (Wildman–Crippen LogP) is 7.46. The van der Waals surface area contributed by atoms with E-state index in [2.05, 4.69) is 51.3 Å². The Kier molecular flexibility index (Phi) is 12.0. The number of amides is 3. The van der Waals surface area contributed by atoms with E-state index in [-0.39, 0.29) is 71.0 Å². The van der Waals surface area contributed by atoms with Crippen molar-refractivity contribution < 1.29 is 38.1 Å². The third-order valence-corrected chi connectivity index (χ3v) is 16.5. The zero-order valence-electron chi connectivity index (χ0n) is 35.4. The third-order valence-electron chi connectivity index (χ3n) is 16.5. The molecular weight excluding hydrogens is 711 g/mol. The van der Waals surface area contributed by atoms with Gasteiger partial charge in [-0.05, 0) is 105 Å². The van der Waals surface area contributed by atoms with E-state index in [0.717, 1.165) is 64.4 Å². The third kappa shape index (κ3) is 7.66. The highest BCUT2D eigenvalue weighted by atomic mass is 16.7. The van der Waals surface area contributed by atoms with E-state index in [1.165, 1.54) is 31.9 Å². The lowest BCUT2D eigenvalue weighted by Gasteiger charge is -2.63. The molecule has 3 aliphatic heterocycles. The van der Waals surface area contributed by atoms with Crippen LogP contribution in [0.25, 0.3) is 0 Å². The average Bonchev–Trinajstić information content (AvgIpc) is 3.77. The number of alkyl carbamates (subject to hydrolysis) is 1. The zero-order chi connectivity index (χ0) is 40.0. The minimum atomic E-state index is -0.409. The van der Waals surface area contributed by atoms with Crippen molar-refractivity contribution >= 4 is 23.9 Å². The van der Waals surface area contributed by atoms with Crippen molar-refractivity contribution in [1.82, 2.24) is 15.5 Å². The second-order valence-corrected chi connectivity index (χ2v) is 19.9. The van der Waals surface area contributed by atoms with E-state index < -0.39 is 5.97 Å². The number of fused-ring (bicyclic) bond motifs is 7. The van der Waals surface area contributed by atoms with Gasteiger partial charge in [0, 0.05) is 57.7 Å². The van der Waals surface area contributed by atoms with Gasteiger partial charge in [0.25, 0.3) is 0 Å². The molecule has 3 saturated heterocycles. The number of esters is 1. The molecule has 3 heterocycles. The van der Waals surface area contributed by atoms with Crippen molar-refractivity contribution in [3.8, 4) is 0 Å². The molecule has 1 unspecified atom stereocenters. The van der Waals surface area contributed by atoms with Crippen LogP contribution in [0.15, 0.2) is 11.6 Å². The van der Waals surface area contributed by atoms with Gasteiger partial charge in [0.05, 0.1) is 25.7 Å². The zero-order valence-corrected chi connectivity index (χ0v) is 35.4.